The molecule has 146 valence electrons. The van der Waals surface area contributed by atoms with E-state index in [1.54, 1.807) is 36.9 Å². The summed E-state index contributed by atoms with van der Waals surface area (Å²) in [6.07, 6.45) is 6.43. The Bertz CT molecular complexity index is 1010. The molecular formula is C18H19N5O4S. The summed E-state index contributed by atoms with van der Waals surface area (Å²) >= 11 is 0. The van der Waals surface area contributed by atoms with Crippen molar-refractivity contribution in [2.45, 2.75) is 12.5 Å². The Balaban J connectivity index is 1.43. The van der Waals surface area contributed by atoms with Crippen molar-refractivity contribution >= 4 is 10.0 Å². The lowest BCUT2D eigenvalue weighted by Crippen LogP contribution is -2.43. The first kappa shape index (κ1) is 18.7. The molecule has 0 saturated carbocycles. The summed E-state index contributed by atoms with van der Waals surface area (Å²) in [7, 11) is -3.43. The molecule has 0 aromatic carbocycles. The third kappa shape index (κ3) is 4.24. The van der Waals surface area contributed by atoms with E-state index in [4.69, 9.17) is 9.26 Å². The number of aryl methyl sites for hydroxylation is 1. The van der Waals surface area contributed by atoms with Gasteiger partial charge in [0.25, 0.3) is 5.89 Å². The van der Waals surface area contributed by atoms with Crippen LogP contribution in [0.1, 0.15) is 17.6 Å². The smallest absolute Gasteiger partial charge is 0.257 e. The van der Waals surface area contributed by atoms with E-state index in [9.17, 15) is 8.42 Å². The zero-order chi connectivity index (χ0) is 19.4. The molecule has 3 aromatic heterocycles. The van der Waals surface area contributed by atoms with E-state index in [0.717, 1.165) is 11.1 Å². The van der Waals surface area contributed by atoms with Crippen LogP contribution in [0.15, 0.2) is 53.6 Å². The lowest BCUT2D eigenvalue weighted by Gasteiger charge is -2.30. The highest BCUT2D eigenvalue weighted by molar-refractivity contribution is 7.89. The van der Waals surface area contributed by atoms with E-state index in [-0.39, 0.29) is 24.8 Å². The van der Waals surface area contributed by atoms with Crippen molar-refractivity contribution in [3.05, 3.63) is 60.5 Å². The van der Waals surface area contributed by atoms with Crippen LogP contribution in [0.2, 0.25) is 0 Å². The number of aromatic nitrogens is 4. The molecule has 4 rings (SSSR count). The number of nitrogens with zero attached hydrogens (tertiary/aromatic N) is 5. The Morgan fingerprint density at radius 3 is 2.54 bits per heavy atom. The number of hydrogen-bond donors (Lipinski definition) is 0. The van der Waals surface area contributed by atoms with Crippen LogP contribution in [0.5, 0.6) is 0 Å². The summed E-state index contributed by atoms with van der Waals surface area (Å²) in [4.78, 5) is 12.3. The average Bonchev–Trinajstić information content (AvgIpc) is 3.24. The van der Waals surface area contributed by atoms with Gasteiger partial charge in [0.2, 0.25) is 15.8 Å². The SMILES string of the molecule is O=S(=O)(CCc1ccncc1)N1CCO[C@@H](c2nc(-c3ccncc3)no2)C1. The van der Waals surface area contributed by atoms with Crippen molar-refractivity contribution in [3.63, 3.8) is 0 Å². The summed E-state index contributed by atoms with van der Waals surface area (Å²) in [6, 6.07) is 7.17. The number of rotatable bonds is 6. The van der Waals surface area contributed by atoms with Crippen LogP contribution in [0, 0.1) is 0 Å². The van der Waals surface area contributed by atoms with Crippen molar-refractivity contribution in [1.29, 1.82) is 0 Å². The van der Waals surface area contributed by atoms with Gasteiger partial charge in [-0.1, -0.05) is 5.16 Å². The summed E-state index contributed by atoms with van der Waals surface area (Å²) in [5.41, 5.74) is 1.70. The molecule has 0 radical (unpaired) electrons. The van der Waals surface area contributed by atoms with E-state index < -0.39 is 16.1 Å². The Kier molecular flexibility index (Phi) is 5.42. The van der Waals surface area contributed by atoms with Crippen molar-refractivity contribution in [2.24, 2.45) is 0 Å². The standard InChI is InChI=1S/C18H19N5O4S/c24-28(25,12-5-14-1-6-19-7-2-14)23-10-11-26-16(13-23)18-21-17(22-27-18)15-3-8-20-9-4-15/h1-4,6-9,16H,5,10-13H2/t16-/m1/s1. The predicted octanol–water partition coefficient (Wildman–Crippen LogP) is 1.47. The Morgan fingerprint density at radius 1 is 1.07 bits per heavy atom. The van der Waals surface area contributed by atoms with E-state index in [2.05, 4.69) is 20.1 Å². The normalized spacial score (nSPS) is 18.2. The largest absolute Gasteiger partial charge is 0.366 e. The van der Waals surface area contributed by atoms with Crippen LogP contribution < -0.4 is 0 Å². The molecule has 1 aliphatic rings. The van der Waals surface area contributed by atoms with Crippen molar-refractivity contribution in [3.8, 4) is 11.4 Å². The Labute approximate surface area is 162 Å². The minimum Gasteiger partial charge on any atom is -0.366 e. The summed E-state index contributed by atoms with van der Waals surface area (Å²) in [5, 5.41) is 3.96. The van der Waals surface area contributed by atoms with Crippen LogP contribution >= 0.6 is 0 Å². The topological polar surface area (TPSA) is 111 Å². The molecule has 3 aromatic rings. The van der Waals surface area contributed by atoms with Gasteiger partial charge in [0.1, 0.15) is 0 Å². The molecule has 1 saturated heterocycles. The second-order valence-electron chi connectivity index (χ2n) is 6.33. The molecular weight excluding hydrogens is 382 g/mol. The fourth-order valence-electron chi connectivity index (χ4n) is 2.94. The molecule has 1 aliphatic heterocycles. The first-order valence-electron chi connectivity index (χ1n) is 8.84. The zero-order valence-electron chi connectivity index (χ0n) is 15.0. The highest BCUT2D eigenvalue weighted by Gasteiger charge is 2.33. The molecule has 0 spiro atoms. The molecule has 0 unspecified atom stereocenters. The first-order chi connectivity index (χ1) is 13.6. The Morgan fingerprint density at radius 2 is 1.79 bits per heavy atom. The predicted molar refractivity (Wildman–Crippen MR) is 99.5 cm³/mol. The van der Waals surface area contributed by atoms with Gasteiger partial charge in [-0.25, -0.2) is 8.42 Å². The minimum atomic E-state index is -3.43. The summed E-state index contributed by atoms with van der Waals surface area (Å²) in [6.45, 7) is 0.726. The maximum absolute atomic E-state index is 12.7. The third-order valence-electron chi connectivity index (χ3n) is 4.48. The second kappa shape index (κ2) is 8.13. The maximum Gasteiger partial charge on any atom is 0.257 e. The van der Waals surface area contributed by atoms with E-state index in [0.29, 0.717) is 18.8 Å². The molecule has 28 heavy (non-hydrogen) atoms. The first-order valence-corrected chi connectivity index (χ1v) is 10.4. The van der Waals surface area contributed by atoms with Crippen LogP contribution in [0.3, 0.4) is 0 Å². The molecule has 0 aliphatic carbocycles. The van der Waals surface area contributed by atoms with Crippen molar-refractivity contribution in [1.82, 2.24) is 24.4 Å². The number of sulfonamides is 1. The summed E-state index contributed by atoms with van der Waals surface area (Å²) in [5.74, 6) is 0.704. The van der Waals surface area contributed by atoms with Gasteiger partial charge in [0.05, 0.1) is 12.4 Å². The quantitative estimate of drug-likeness (QED) is 0.610. The fourth-order valence-corrected chi connectivity index (χ4v) is 4.40. The van der Waals surface area contributed by atoms with Gasteiger partial charge < -0.3 is 9.26 Å². The molecule has 0 N–H and O–H groups in total. The second-order valence-corrected chi connectivity index (χ2v) is 8.42. The monoisotopic (exact) mass is 401 g/mol. The highest BCUT2D eigenvalue weighted by atomic mass is 32.2. The van der Waals surface area contributed by atoms with E-state index in [1.807, 2.05) is 12.1 Å². The lowest BCUT2D eigenvalue weighted by atomic mass is 10.2. The number of morpholine rings is 1. The van der Waals surface area contributed by atoms with Crippen molar-refractivity contribution in [2.75, 3.05) is 25.4 Å². The molecule has 1 atom stereocenters. The molecule has 10 heteroatoms. The maximum atomic E-state index is 12.7. The Hall–Kier alpha value is -2.69. The number of hydrogen-bond acceptors (Lipinski definition) is 8. The van der Waals surface area contributed by atoms with Crippen molar-refractivity contribution < 1.29 is 17.7 Å². The molecule has 0 amide bonds. The zero-order valence-corrected chi connectivity index (χ0v) is 15.8. The van der Waals surface area contributed by atoms with Crippen LogP contribution in [-0.2, 0) is 21.2 Å². The van der Waals surface area contributed by atoms with Gasteiger partial charge in [0.15, 0.2) is 6.10 Å². The lowest BCUT2D eigenvalue weighted by molar-refractivity contribution is -0.0199. The molecule has 1 fully saturated rings. The highest BCUT2D eigenvalue weighted by Crippen LogP contribution is 2.25. The van der Waals surface area contributed by atoms with Gasteiger partial charge in [-0.15, -0.1) is 0 Å². The number of pyridine rings is 2. The van der Waals surface area contributed by atoms with Gasteiger partial charge in [-0.2, -0.15) is 9.29 Å². The van der Waals surface area contributed by atoms with Gasteiger partial charge >= 0.3 is 0 Å². The van der Waals surface area contributed by atoms with Crippen LogP contribution in [-0.4, -0.2) is 58.3 Å². The minimum absolute atomic E-state index is 0.0236. The molecule has 0 bridgehead atoms. The number of ether oxygens (including phenoxy) is 1. The fraction of sp³-hybridized carbons (Fsp3) is 0.333. The summed E-state index contributed by atoms with van der Waals surface area (Å²) < 4.78 is 37.9. The molecule has 9 nitrogen and oxygen atoms in total. The third-order valence-corrected chi connectivity index (χ3v) is 6.31. The van der Waals surface area contributed by atoms with Gasteiger partial charge in [-0.05, 0) is 36.2 Å². The van der Waals surface area contributed by atoms with Gasteiger partial charge in [0, 0.05) is 43.4 Å². The van der Waals surface area contributed by atoms with E-state index in [1.165, 1.54) is 4.31 Å². The van der Waals surface area contributed by atoms with Crippen LogP contribution in [0.4, 0.5) is 0 Å². The van der Waals surface area contributed by atoms with Crippen LogP contribution in [0.25, 0.3) is 11.4 Å². The average molecular weight is 401 g/mol. The van der Waals surface area contributed by atoms with E-state index >= 15 is 0 Å². The van der Waals surface area contributed by atoms with Gasteiger partial charge in [-0.3, -0.25) is 9.97 Å². The molecule has 4 heterocycles.